The van der Waals surface area contributed by atoms with Crippen molar-refractivity contribution in [2.75, 3.05) is 31.6 Å². The number of carbonyl (C=O) groups excluding carboxylic acids is 1. The highest BCUT2D eigenvalue weighted by Crippen LogP contribution is 2.44. The number of nitrogens with zero attached hydrogens (tertiary/aromatic N) is 4. The maximum absolute atomic E-state index is 14.7. The van der Waals surface area contributed by atoms with Crippen LogP contribution in [0.4, 0.5) is 14.9 Å². The second-order valence-corrected chi connectivity index (χ2v) is 14.0. The van der Waals surface area contributed by atoms with Crippen LogP contribution in [0, 0.1) is 12.7 Å². The number of fused-ring (bicyclic) bond motifs is 2. The van der Waals surface area contributed by atoms with Crippen LogP contribution in [0.2, 0.25) is 0 Å². The molecule has 2 aromatic heterocycles. The molecule has 6 rings (SSSR count). The lowest BCUT2D eigenvalue weighted by Crippen LogP contribution is -2.39. The topological polar surface area (TPSA) is 84.7 Å². The summed E-state index contributed by atoms with van der Waals surface area (Å²) >= 11 is 0. The number of amides is 1. The van der Waals surface area contributed by atoms with Crippen molar-refractivity contribution >= 4 is 38.4 Å². The zero-order chi connectivity index (χ0) is 30.7. The maximum Gasteiger partial charge on any atom is 0.410 e. The molecule has 0 fully saturated rings. The highest BCUT2D eigenvalue weighted by atomic mass is 32.2. The minimum absolute atomic E-state index is 0.153. The van der Waals surface area contributed by atoms with Crippen molar-refractivity contribution in [3.63, 3.8) is 0 Å². The fourth-order valence-corrected chi connectivity index (χ4v) is 7.45. The van der Waals surface area contributed by atoms with Gasteiger partial charge >= 0.3 is 6.09 Å². The van der Waals surface area contributed by atoms with Gasteiger partial charge in [-0.15, -0.1) is 0 Å². The molecule has 0 unspecified atom stereocenters. The first kappa shape index (κ1) is 28.9. The van der Waals surface area contributed by atoms with E-state index in [0.29, 0.717) is 48.2 Å². The number of aryl methyl sites for hydroxylation is 1. The van der Waals surface area contributed by atoms with E-state index in [1.54, 1.807) is 41.4 Å². The number of carbonyl (C=O) groups is 1. The average Bonchev–Trinajstić information content (AvgIpc) is 3.30. The largest absolute Gasteiger partial charge is 0.444 e. The van der Waals surface area contributed by atoms with E-state index in [1.807, 2.05) is 46.9 Å². The molecule has 2 aromatic carbocycles. The standard InChI is InChI=1S/C33H35FN4O4S/c1-21-6-9-24(10-7-21)43(40,41)38-30(22-13-18-37(19-14-22)32(39)42-33(2,3)4)26-15-17-36(5)28-11-8-23(34)20-27(28)25-12-16-35-31(38)29(25)26/h6-13,16,20H,14-15,17-19H2,1-5H3. The lowest BCUT2D eigenvalue weighted by molar-refractivity contribution is 0.0270. The Kier molecular flexibility index (Phi) is 7.07. The predicted molar refractivity (Wildman–Crippen MR) is 166 cm³/mol. The van der Waals surface area contributed by atoms with Crippen LogP contribution in [0.5, 0.6) is 0 Å². The van der Waals surface area contributed by atoms with E-state index in [-0.39, 0.29) is 17.3 Å². The fourth-order valence-electron chi connectivity index (χ4n) is 5.92. The molecule has 0 N–H and O–H groups in total. The van der Waals surface area contributed by atoms with Crippen molar-refractivity contribution in [3.8, 4) is 11.1 Å². The number of ether oxygens (including phenoxy) is 1. The molecule has 0 aliphatic carbocycles. The van der Waals surface area contributed by atoms with E-state index in [2.05, 4.69) is 9.88 Å². The number of anilines is 1. The van der Waals surface area contributed by atoms with Gasteiger partial charge in [-0.3, -0.25) is 0 Å². The highest BCUT2D eigenvalue weighted by Gasteiger charge is 2.34. The molecule has 0 bridgehead atoms. The van der Waals surface area contributed by atoms with Gasteiger partial charge in [0.15, 0.2) is 5.65 Å². The first-order chi connectivity index (χ1) is 20.3. The van der Waals surface area contributed by atoms with Crippen LogP contribution < -0.4 is 4.90 Å². The second-order valence-electron chi connectivity index (χ2n) is 12.2. The van der Waals surface area contributed by atoms with Crippen LogP contribution in [-0.2, 0) is 21.2 Å². The Morgan fingerprint density at radius 2 is 1.74 bits per heavy atom. The monoisotopic (exact) mass is 602 g/mol. The Labute approximate surface area is 251 Å². The minimum atomic E-state index is -4.10. The zero-order valence-electron chi connectivity index (χ0n) is 25.0. The normalized spacial score (nSPS) is 15.5. The molecule has 4 heterocycles. The molecule has 43 heavy (non-hydrogen) atoms. The van der Waals surface area contributed by atoms with Crippen LogP contribution >= 0.6 is 0 Å². The summed E-state index contributed by atoms with van der Waals surface area (Å²) < 4.78 is 50.6. The Morgan fingerprint density at radius 3 is 2.42 bits per heavy atom. The van der Waals surface area contributed by atoms with Gasteiger partial charge in [0, 0.05) is 49.5 Å². The highest BCUT2D eigenvalue weighted by molar-refractivity contribution is 7.90. The molecule has 1 amide bonds. The van der Waals surface area contributed by atoms with Gasteiger partial charge in [0.1, 0.15) is 11.4 Å². The molecular formula is C33H35FN4O4S. The van der Waals surface area contributed by atoms with Crippen molar-refractivity contribution in [1.29, 1.82) is 0 Å². The van der Waals surface area contributed by atoms with Crippen molar-refractivity contribution in [1.82, 2.24) is 13.9 Å². The van der Waals surface area contributed by atoms with E-state index in [4.69, 9.17) is 4.74 Å². The van der Waals surface area contributed by atoms with Crippen LogP contribution in [0.25, 0.3) is 27.7 Å². The van der Waals surface area contributed by atoms with Gasteiger partial charge in [-0.05, 0) is 93.6 Å². The van der Waals surface area contributed by atoms with E-state index < -0.39 is 21.7 Å². The molecule has 0 radical (unpaired) electrons. The Balaban J connectivity index is 1.61. The summed E-state index contributed by atoms with van der Waals surface area (Å²) in [5.41, 5.74) is 5.12. The number of rotatable bonds is 3. The number of hydrogen-bond donors (Lipinski definition) is 0. The van der Waals surface area contributed by atoms with Gasteiger partial charge < -0.3 is 14.5 Å². The summed E-state index contributed by atoms with van der Waals surface area (Å²) in [7, 11) is -2.14. The summed E-state index contributed by atoms with van der Waals surface area (Å²) in [4.78, 5) is 21.3. The summed E-state index contributed by atoms with van der Waals surface area (Å²) in [5, 5.41) is 0.698. The molecular weight excluding hydrogens is 567 g/mol. The second kappa shape index (κ2) is 10.5. The third kappa shape index (κ3) is 5.18. The molecule has 2 aliphatic heterocycles. The van der Waals surface area contributed by atoms with Crippen LogP contribution in [0.15, 0.2) is 65.7 Å². The molecule has 224 valence electrons. The van der Waals surface area contributed by atoms with Gasteiger partial charge in [0.25, 0.3) is 10.0 Å². The quantitative estimate of drug-likeness (QED) is 0.270. The van der Waals surface area contributed by atoms with E-state index in [1.165, 1.54) is 16.1 Å². The molecule has 8 nitrogen and oxygen atoms in total. The minimum Gasteiger partial charge on any atom is -0.444 e. The van der Waals surface area contributed by atoms with Crippen molar-refractivity contribution < 1.29 is 22.3 Å². The average molecular weight is 603 g/mol. The summed E-state index contributed by atoms with van der Waals surface area (Å²) in [6.07, 6.45) is 4.07. The zero-order valence-corrected chi connectivity index (χ0v) is 25.8. The van der Waals surface area contributed by atoms with E-state index >= 15 is 0 Å². The van der Waals surface area contributed by atoms with Gasteiger partial charge in [-0.2, -0.15) is 0 Å². The Morgan fingerprint density at radius 1 is 1.00 bits per heavy atom. The van der Waals surface area contributed by atoms with Crippen LogP contribution in [0.1, 0.15) is 44.0 Å². The smallest absolute Gasteiger partial charge is 0.410 e. The molecule has 0 spiro atoms. The van der Waals surface area contributed by atoms with E-state index in [9.17, 15) is 17.6 Å². The summed E-state index contributed by atoms with van der Waals surface area (Å²) in [6, 6.07) is 13.3. The Bertz CT molecular complexity index is 1890. The lowest BCUT2D eigenvalue weighted by Gasteiger charge is -2.30. The van der Waals surface area contributed by atoms with Gasteiger partial charge in [0.05, 0.1) is 10.6 Å². The van der Waals surface area contributed by atoms with Crippen molar-refractivity contribution in [2.45, 2.75) is 51.0 Å². The number of aromatic nitrogens is 2. The fraction of sp³-hybridized carbons (Fsp3) is 0.333. The Hall–Kier alpha value is -4.18. The van der Waals surface area contributed by atoms with Crippen molar-refractivity contribution in [3.05, 3.63) is 83.4 Å². The predicted octanol–water partition coefficient (Wildman–Crippen LogP) is 6.40. The van der Waals surface area contributed by atoms with Crippen LogP contribution in [-0.4, -0.2) is 60.7 Å². The number of benzene rings is 2. The molecule has 0 atom stereocenters. The van der Waals surface area contributed by atoms with Crippen molar-refractivity contribution in [2.24, 2.45) is 0 Å². The summed E-state index contributed by atoms with van der Waals surface area (Å²) in [5.74, 6) is -0.372. The number of likely N-dealkylation sites (N-methyl/N-ethyl adjacent to an activating group) is 1. The van der Waals surface area contributed by atoms with Gasteiger partial charge in [-0.25, -0.2) is 26.6 Å². The molecule has 0 saturated heterocycles. The molecule has 10 heteroatoms. The maximum atomic E-state index is 14.7. The number of pyridine rings is 1. The van der Waals surface area contributed by atoms with Crippen LogP contribution in [0.3, 0.4) is 0 Å². The molecule has 2 aliphatic rings. The third-order valence-corrected chi connectivity index (χ3v) is 9.70. The number of halogens is 1. The van der Waals surface area contributed by atoms with E-state index in [0.717, 1.165) is 28.0 Å². The van der Waals surface area contributed by atoms with Gasteiger partial charge in [0.2, 0.25) is 0 Å². The first-order valence-corrected chi connectivity index (χ1v) is 15.8. The first-order valence-electron chi connectivity index (χ1n) is 14.4. The SMILES string of the molecule is Cc1ccc(S(=O)(=O)n2c(C3=CCN(C(=O)OC(C)(C)C)CC3)c3c4c(ccnc42)-c2cc(F)ccc2N(C)CC3)cc1. The summed E-state index contributed by atoms with van der Waals surface area (Å²) in [6.45, 7) is 8.63. The van der Waals surface area contributed by atoms with Gasteiger partial charge in [-0.1, -0.05) is 23.8 Å². The molecule has 4 aromatic rings. The molecule has 0 saturated carbocycles. The number of hydrogen-bond acceptors (Lipinski definition) is 6. The lowest BCUT2D eigenvalue weighted by atomic mass is 9.92. The third-order valence-electron chi connectivity index (χ3n) is 8.00.